The van der Waals surface area contributed by atoms with E-state index in [1.807, 2.05) is 13.8 Å². The molecule has 0 radical (unpaired) electrons. The SMILES string of the molecule is CC/C(C)=C/C(=O)NCCCNC(=O)CNC(=O)OC(C)(C)C. The van der Waals surface area contributed by atoms with Crippen molar-refractivity contribution >= 4 is 17.9 Å². The molecule has 132 valence electrons. The summed E-state index contributed by atoms with van der Waals surface area (Å²) in [7, 11) is 0. The number of hydrogen-bond acceptors (Lipinski definition) is 4. The highest BCUT2D eigenvalue weighted by Gasteiger charge is 2.16. The highest BCUT2D eigenvalue weighted by atomic mass is 16.6. The van der Waals surface area contributed by atoms with Gasteiger partial charge < -0.3 is 20.7 Å². The Labute approximate surface area is 138 Å². The van der Waals surface area contributed by atoms with Crippen LogP contribution in [0.3, 0.4) is 0 Å². The average molecular weight is 327 g/mol. The molecule has 7 heteroatoms. The maximum atomic E-state index is 11.5. The lowest BCUT2D eigenvalue weighted by Crippen LogP contribution is -2.40. The van der Waals surface area contributed by atoms with Crippen LogP contribution in [0.15, 0.2) is 11.6 Å². The summed E-state index contributed by atoms with van der Waals surface area (Å²) in [6.45, 7) is 9.89. The standard InChI is InChI=1S/C16H29N3O4/c1-6-12(2)10-13(20)17-8-7-9-18-14(21)11-19-15(22)23-16(3,4)5/h10H,6-9,11H2,1-5H3,(H,17,20)(H,18,21)(H,19,22)/b12-10+. The number of nitrogens with one attached hydrogen (secondary N) is 3. The second-order valence-corrected chi connectivity index (χ2v) is 6.19. The van der Waals surface area contributed by atoms with Crippen molar-refractivity contribution in [3.05, 3.63) is 11.6 Å². The smallest absolute Gasteiger partial charge is 0.408 e. The van der Waals surface area contributed by atoms with Gasteiger partial charge in [-0.1, -0.05) is 12.5 Å². The van der Waals surface area contributed by atoms with E-state index in [1.165, 1.54) is 0 Å². The summed E-state index contributed by atoms with van der Waals surface area (Å²) in [6.07, 6.45) is 2.40. The summed E-state index contributed by atoms with van der Waals surface area (Å²) < 4.78 is 5.02. The van der Waals surface area contributed by atoms with E-state index in [-0.39, 0.29) is 18.4 Å². The van der Waals surface area contributed by atoms with E-state index in [0.717, 1.165) is 12.0 Å². The molecule has 0 rings (SSSR count). The minimum Gasteiger partial charge on any atom is -0.444 e. The second-order valence-electron chi connectivity index (χ2n) is 6.19. The van der Waals surface area contributed by atoms with Crippen molar-refractivity contribution in [3.63, 3.8) is 0 Å². The molecule has 0 aliphatic carbocycles. The van der Waals surface area contributed by atoms with Crippen molar-refractivity contribution < 1.29 is 19.1 Å². The van der Waals surface area contributed by atoms with Gasteiger partial charge in [-0.05, 0) is 40.5 Å². The number of hydrogen-bond donors (Lipinski definition) is 3. The third kappa shape index (κ3) is 13.3. The van der Waals surface area contributed by atoms with E-state index < -0.39 is 11.7 Å². The molecular weight excluding hydrogens is 298 g/mol. The zero-order valence-corrected chi connectivity index (χ0v) is 14.7. The molecule has 0 aromatic rings. The monoisotopic (exact) mass is 327 g/mol. The molecule has 0 aromatic carbocycles. The fourth-order valence-corrected chi connectivity index (χ4v) is 1.43. The Morgan fingerprint density at radius 3 is 2.22 bits per heavy atom. The molecule has 0 saturated heterocycles. The number of rotatable bonds is 8. The molecule has 0 unspecified atom stereocenters. The molecule has 0 heterocycles. The van der Waals surface area contributed by atoms with Crippen LogP contribution in [0.25, 0.3) is 0 Å². The number of carbonyl (C=O) groups excluding carboxylic acids is 3. The quantitative estimate of drug-likeness (QED) is 0.465. The topological polar surface area (TPSA) is 96.5 Å². The molecule has 0 saturated carbocycles. The van der Waals surface area contributed by atoms with Gasteiger partial charge in [-0.25, -0.2) is 4.79 Å². The van der Waals surface area contributed by atoms with Crippen molar-refractivity contribution in [1.29, 1.82) is 0 Å². The van der Waals surface area contributed by atoms with E-state index in [1.54, 1.807) is 26.8 Å². The highest BCUT2D eigenvalue weighted by molar-refractivity contribution is 5.88. The fraction of sp³-hybridized carbons (Fsp3) is 0.688. The van der Waals surface area contributed by atoms with Gasteiger partial charge in [0.1, 0.15) is 5.60 Å². The van der Waals surface area contributed by atoms with E-state index >= 15 is 0 Å². The van der Waals surface area contributed by atoms with Crippen LogP contribution in [-0.4, -0.2) is 43.1 Å². The second kappa shape index (κ2) is 10.6. The largest absolute Gasteiger partial charge is 0.444 e. The van der Waals surface area contributed by atoms with Crippen LogP contribution < -0.4 is 16.0 Å². The minimum absolute atomic E-state index is 0.123. The summed E-state index contributed by atoms with van der Waals surface area (Å²) >= 11 is 0. The number of alkyl carbamates (subject to hydrolysis) is 1. The van der Waals surface area contributed by atoms with E-state index in [4.69, 9.17) is 4.74 Å². The van der Waals surface area contributed by atoms with Crippen molar-refractivity contribution in [2.24, 2.45) is 0 Å². The predicted octanol–water partition coefficient (Wildman–Crippen LogP) is 1.49. The first-order valence-electron chi connectivity index (χ1n) is 7.82. The zero-order chi connectivity index (χ0) is 17.9. The highest BCUT2D eigenvalue weighted by Crippen LogP contribution is 2.05. The zero-order valence-electron chi connectivity index (χ0n) is 14.7. The summed E-state index contributed by atoms with van der Waals surface area (Å²) in [4.78, 5) is 34.3. The van der Waals surface area contributed by atoms with Crippen LogP contribution in [0.2, 0.25) is 0 Å². The van der Waals surface area contributed by atoms with Gasteiger partial charge in [-0.2, -0.15) is 0 Å². The summed E-state index contributed by atoms with van der Waals surface area (Å²) in [5.41, 5.74) is 0.424. The number of carbonyl (C=O) groups is 3. The Bertz CT molecular complexity index is 439. The number of amides is 3. The molecule has 0 spiro atoms. The molecule has 0 aliphatic rings. The van der Waals surface area contributed by atoms with Gasteiger partial charge in [-0.15, -0.1) is 0 Å². The fourth-order valence-electron chi connectivity index (χ4n) is 1.43. The van der Waals surface area contributed by atoms with Gasteiger partial charge in [0.25, 0.3) is 0 Å². The third-order valence-corrected chi connectivity index (χ3v) is 2.70. The van der Waals surface area contributed by atoms with Crippen LogP contribution in [0, 0.1) is 0 Å². The first kappa shape index (κ1) is 20.9. The summed E-state index contributed by atoms with van der Waals surface area (Å²) in [5.74, 6) is -0.425. The number of ether oxygens (including phenoxy) is 1. The first-order valence-corrected chi connectivity index (χ1v) is 7.82. The summed E-state index contributed by atoms with van der Waals surface area (Å²) in [5, 5.41) is 7.77. The minimum atomic E-state index is -0.627. The van der Waals surface area contributed by atoms with Gasteiger partial charge in [0, 0.05) is 19.2 Å². The molecule has 3 amide bonds. The van der Waals surface area contributed by atoms with Crippen LogP contribution >= 0.6 is 0 Å². The van der Waals surface area contributed by atoms with Gasteiger partial charge >= 0.3 is 6.09 Å². The molecule has 0 aliphatic heterocycles. The Balaban J connectivity index is 3.72. The van der Waals surface area contributed by atoms with Gasteiger partial charge in [0.2, 0.25) is 11.8 Å². The lowest BCUT2D eigenvalue weighted by Gasteiger charge is -2.19. The van der Waals surface area contributed by atoms with E-state index in [0.29, 0.717) is 19.5 Å². The number of allylic oxidation sites excluding steroid dienone is 1. The predicted molar refractivity (Wildman–Crippen MR) is 88.9 cm³/mol. The van der Waals surface area contributed by atoms with E-state index in [2.05, 4.69) is 16.0 Å². The lowest BCUT2D eigenvalue weighted by atomic mass is 10.2. The maximum absolute atomic E-state index is 11.5. The summed E-state index contributed by atoms with van der Waals surface area (Å²) in [6, 6.07) is 0. The van der Waals surface area contributed by atoms with Gasteiger partial charge in [0.15, 0.2) is 0 Å². The van der Waals surface area contributed by atoms with Crippen LogP contribution in [0.1, 0.15) is 47.5 Å². The molecule has 0 bridgehead atoms. The molecule has 0 atom stereocenters. The third-order valence-electron chi connectivity index (χ3n) is 2.70. The molecule has 23 heavy (non-hydrogen) atoms. The van der Waals surface area contributed by atoms with E-state index in [9.17, 15) is 14.4 Å². The van der Waals surface area contributed by atoms with Crippen molar-refractivity contribution in [1.82, 2.24) is 16.0 Å². The average Bonchev–Trinajstić information content (AvgIpc) is 2.42. The Hall–Kier alpha value is -2.05. The van der Waals surface area contributed by atoms with Crippen molar-refractivity contribution in [3.8, 4) is 0 Å². The Morgan fingerprint density at radius 2 is 1.65 bits per heavy atom. The van der Waals surface area contributed by atoms with Crippen molar-refractivity contribution in [2.45, 2.75) is 53.1 Å². The molecular formula is C16H29N3O4. The van der Waals surface area contributed by atoms with Crippen LogP contribution in [-0.2, 0) is 14.3 Å². The van der Waals surface area contributed by atoms with Gasteiger partial charge in [-0.3, -0.25) is 9.59 Å². The molecule has 7 nitrogen and oxygen atoms in total. The Morgan fingerprint density at radius 1 is 1.04 bits per heavy atom. The van der Waals surface area contributed by atoms with Gasteiger partial charge in [0.05, 0.1) is 6.54 Å². The lowest BCUT2D eigenvalue weighted by molar-refractivity contribution is -0.120. The van der Waals surface area contributed by atoms with Crippen LogP contribution in [0.5, 0.6) is 0 Å². The Kier molecular flexibility index (Phi) is 9.69. The maximum Gasteiger partial charge on any atom is 0.408 e. The normalized spacial score (nSPS) is 11.6. The molecule has 0 aromatic heterocycles. The van der Waals surface area contributed by atoms with Crippen LogP contribution in [0.4, 0.5) is 4.79 Å². The first-order chi connectivity index (χ1) is 10.6. The molecule has 3 N–H and O–H groups in total. The molecule has 0 fully saturated rings. The van der Waals surface area contributed by atoms with Crippen molar-refractivity contribution in [2.75, 3.05) is 19.6 Å².